The average molecular weight is 302 g/mol. The third-order valence-corrected chi connectivity index (χ3v) is 5.53. The number of hydrogen-bond acceptors (Lipinski definition) is 4. The van der Waals surface area contributed by atoms with E-state index in [1.165, 1.54) is 10.4 Å². The minimum Gasteiger partial charge on any atom is -0.399 e. The molecule has 0 amide bonds. The first-order valence-corrected chi connectivity index (χ1v) is 7.87. The molecule has 1 aliphatic rings. The van der Waals surface area contributed by atoms with Gasteiger partial charge in [0.15, 0.2) is 0 Å². The highest BCUT2D eigenvalue weighted by Crippen LogP contribution is 2.26. The van der Waals surface area contributed by atoms with Crippen LogP contribution in [0.15, 0.2) is 23.1 Å². The van der Waals surface area contributed by atoms with Crippen LogP contribution in [-0.2, 0) is 14.8 Å². The number of nitrogens with two attached hydrogens (primary N) is 1. The lowest BCUT2D eigenvalue weighted by Gasteiger charge is -2.35. The predicted octanol–water partition coefficient (Wildman–Crippen LogP) is 1.45. The van der Waals surface area contributed by atoms with Crippen LogP contribution in [-0.4, -0.2) is 39.0 Å². The number of anilines is 1. The zero-order valence-corrected chi connectivity index (χ0v) is 12.4. The van der Waals surface area contributed by atoms with Crippen molar-refractivity contribution in [2.45, 2.75) is 24.3 Å². The number of nitrogen functional groups attached to an aromatic ring is 1. The normalized spacial score (nSPS) is 24.8. The van der Waals surface area contributed by atoms with E-state index in [0.717, 1.165) is 12.1 Å². The molecule has 2 N–H and O–H groups in total. The molecule has 0 aromatic heterocycles. The van der Waals surface area contributed by atoms with Gasteiger partial charge in [-0.05, 0) is 30.5 Å². The summed E-state index contributed by atoms with van der Waals surface area (Å²) in [5, 5.41) is 0. The molecule has 2 unspecified atom stereocenters. The van der Waals surface area contributed by atoms with Gasteiger partial charge in [-0.1, -0.05) is 6.92 Å². The zero-order chi connectivity index (χ0) is 14.9. The minimum absolute atomic E-state index is 0.0947. The standard InChI is InChI=1S/C13H19FN2O3S/c1-9-3-4-16(8-13(9)19-2)20(17,18)12-6-10(14)5-11(15)7-12/h5-7,9,13H,3-4,8,15H2,1-2H3. The second kappa shape index (κ2) is 5.67. The molecule has 0 aliphatic carbocycles. The van der Waals surface area contributed by atoms with Gasteiger partial charge in [0, 0.05) is 25.9 Å². The molecule has 1 aliphatic heterocycles. The molecule has 2 atom stereocenters. The van der Waals surface area contributed by atoms with Crippen molar-refractivity contribution < 1.29 is 17.5 Å². The molecular formula is C13H19FN2O3S. The highest BCUT2D eigenvalue weighted by molar-refractivity contribution is 7.89. The molecule has 20 heavy (non-hydrogen) atoms. The number of halogens is 1. The Morgan fingerprint density at radius 1 is 1.40 bits per heavy atom. The van der Waals surface area contributed by atoms with E-state index < -0.39 is 15.8 Å². The van der Waals surface area contributed by atoms with E-state index >= 15 is 0 Å². The first-order chi connectivity index (χ1) is 9.34. The van der Waals surface area contributed by atoms with Gasteiger partial charge in [-0.2, -0.15) is 4.31 Å². The van der Waals surface area contributed by atoms with Gasteiger partial charge in [0.1, 0.15) is 5.82 Å². The van der Waals surface area contributed by atoms with Gasteiger partial charge in [-0.15, -0.1) is 0 Å². The Balaban J connectivity index is 2.30. The van der Waals surface area contributed by atoms with Gasteiger partial charge in [-0.25, -0.2) is 12.8 Å². The monoisotopic (exact) mass is 302 g/mol. The van der Waals surface area contributed by atoms with E-state index in [2.05, 4.69) is 0 Å². The maximum absolute atomic E-state index is 13.3. The third-order valence-electron chi connectivity index (χ3n) is 3.69. The SMILES string of the molecule is COC1CN(S(=O)(=O)c2cc(N)cc(F)c2)CCC1C. The molecule has 1 aromatic rings. The largest absolute Gasteiger partial charge is 0.399 e. The summed E-state index contributed by atoms with van der Waals surface area (Å²) >= 11 is 0. The molecule has 0 saturated carbocycles. The molecule has 2 rings (SSSR count). The molecular weight excluding hydrogens is 283 g/mol. The van der Waals surface area contributed by atoms with Crippen LogP contribution in [0.4, 0.5) is 10.1 Å². The number of ether oxygens (including phenoxy) is 1. The van der Waals surface area contributed by atoms with Crippen molar-refractivity contribution >= 4 is 15.7 Å². The number of methoxy groups -OCH3 is 1. The first kappa shape index (κ1) is 15.2. The highest BCUT2D eigenvalue weighted by Gasteiger charge is 2.34. The molecule has 5 nitrogen and oxygen atoms in total. The number of piperidine rings is 1. The van der Waals surface area contributed by atoms with E-state index in [1.54, 1.807) is 7.11 Å². The molecule has 7 heteroatoms. The summed E-state index contributed by atoms with van der Waals surface area (Å²) < 4.78 is 45.0. The number of nitrogens with zero attached hydrogens (tertiary/aromatic N) is 1. The van der Waals surface area contributed by atoms with Crippen molar-refractivity contribution in [1.82, 2.24) is 4.31 Å². The summed E-state index contributed by atoms with van der Waals surface area (Å²) in [6, 6.07) is 3.36. The van der Waals surface area contributed by atoms with Crippen molar-refractivity contribution in [2.75, 3.05) is 25.9 Å². The van der Waals surface area contributed by atoms with Crippen molar-refractivity contribution in [2.24, 2.45) is 5.92 Å². The molecule has 0 radical (unpaired) electrons. The minimum atomic E-state index is -3.74. The smallest absolute Gasteiger partial charge is 0.243 e. The Hall–Kier alpha value is -1.18. The van der Waals surface area contributed by atoms with Crippen molar-refractivity contribution in [3.63, 3.8) is 0 Å². The van der Waals surface area contributed by atoms with E-state index in [-0.39, 0.29) is 23.2 Å². The third kappa shape index (κ3) is 2.94. The van der Waals surface area contributed by atoms with Crippen LogP contribution in [0.3, 0.4) is 0 Å². The molecule has 1 saturated heterocycles. The fourth-order valence-corrected chi connectivity index (χ4v) is 3.95. The maximum Gasteiger partial charge on any atom is 0.243 e. The molecule has 0 spiro atoms. The molecule has 0 bridgehead atoms. The van der Waals surface area contributed by atoms with E-state index in [1.807, 2.05) is 6.92 Å². The number of benzene rings is 1. The highest BCUT2D eigenvalue weighted by atomic mass is 32.2. The Labute approximate surface area is 118 Å². The second-order valence-corrected chi connectivity index (χ2v) is 7.06. The summed E-state index contributed by atoms with van der Waals surface area (Å²) in [6.45, 7) is 2.70. The topological polar surface area (TPSA) is 72.6 Å². The average Bonchev–Trinajstić information content (AvgIpc) is 2.37. The molecule has 1 heterocycles. The van der Waals surface area contributed by atoms with Crippen LogP contribution in [0.2, 0.25) is 0 Å². The van der Waals surface area contributed by atoms with Crippen LogP contribution in [0.1, 0.15) is 13.3 Å². The van der Waals surface area contributed by atoms with Crippen molar-refractivity contribution in [3.8, 4) is 0 Å². The van der Waals surface area contributed by atoms with Crippen LogP contribution in [0.25, 0.3) is 0 Å². The number of rotatable bonds is 3. The lowest BCUT2D eigenvalue weighted by atomic mass is 9.97. The quantitative estimate of drug-likeness (QED) is 0.858. The van der Waals surface area contributed by atoms with E-state index in [9.17, 15) is 12.8 Å². The van der Waals surface area contributed by atoms with Crippen molar-refractivity contribution in [1.29, 1.82) is 0 Å². The van der Waals surface area contributed by atoms with Crippen LogP contribution in [0.5, 0.6) is 0 Å². The predicted molar refractivity (Wildman–Crippen MR) is 74.1 cm³/mol. The van der Waals surface area contributed by atoms with E-state index in [4.69, 9.17) is 10.5 Å². The summed E-state index contributed by atoms with van der Waals surface area (Å²) in [5.74, 6) is -0.360. The Morgan fingerprint density at radius 2 is 2.10 bits per heavy atom. The van der Waals surface area contributed by atoms with Gasteiger partial charge < -0.3 is 10.5 Å². The number of hydrogen-bond donors (Lipinski definition) is 1. The fourth-order valence-electron chi connectivity index (χ4n) is 2.41. The molecule has 1 fully saturated rings. The lowest BCUT2D eigenvalue weighted by molar-refractivity contribution is 0.0184. The van der Waals surface area contributed by atoms with Gasteiger partial charge >= 0.3 is 0 Å². The Bertz CT molecular complexity index is 571. The van der Waals surface area contributed by atoms with Gasteiger partial charge in [0.05, 0.1) is 11.0 Å². The summed E-state index contributed by atoms with van der Waals surface area (Å²) in [5.41, 5.74) is 5.61. The fraction of sp³-hybridized carbons (Fsp3) is 0.538. The Morgan fingerprint density at radius 3 is 2.70 bits per heavy atom. The summed E-state index contributed by atoms with van der Waals surface area (Å²) in [7, 11) is -2.17. The zero-order valence-electron chi connectivity index (χ0n) is 11.5. The van der Waals surface area contributed by atoms with Crippen LogP contribution < -0.4 is 5.73 Å². The molecule has 1 aromatic carbocycles. The lowest BCUT2D eigenvalue weighted by Crippen LogP contribution is -2.46. The summed E-state index contributed by atoms with van der Waals surface area (Å²) in [6.07, 6.45) is 0.562. The van der Waals surface area contributed by atoms with Gasteiger partial charge in [0.2, 0.25) is 10.0 Å². The van der Waals surface area contributed by atoms with Crippen LogP contribution in [0, 0.1) is 11.7 Å². The molecule has 112 valence electrons. The maximum atomic E-state index is 13.3. The second-order valence-electron chi connectivity index (χ2n) is 5.12. The van der Waals surface area contributed by atoms with Gasteiger partial charge in [-0.3, -0.25) is 0 Å². The Kier molecular flexibility index (Phi) is 4.31. The van der Waals surface area contributed by atoms with Crippen LogP contribution >= 0.6 is 0 Å². The van der Waals surface area contributed by atoms with Gasteiger partial charge in [0.25, 0.3) is 0 Å². The van der Waals surface area contributed by atoms with Crippen molar-refractivity contribution in [3.05, 3.63) is 24.0 Å². The first-order valence-electron chi connectivity index (χ1n) is 6.43. The van der Waals surface area contributed by atoms with E-state index in [0.29, 0.717) is 18.9 Å². The summed E-state index contributed by atoms with van der Waals surface area (Å²) in [4.78, 5) is -0.112. The number of sulfonamides is 1.